The second-order valence-electron chi connectivity index (χ2n) is 11.6. The Hall–Kier alpha value is -3.15. The molecular weight excluding hydrogens is 464 g/mol. The monoisotopic (exact) mass is 502 g/mol. The zero-order chi connectivity index (χ0) is 25.9. The van der Waals surface area contributed by atoms with Crippen LogP contribution in [-0.4, -0.2) is 47.9 Å². The fourth-order valence-electron chi connectivity index (χ4n) is 7.57. The van der Waals surface area contributed by atoms with E-state index >= 15 is 0 Å². The predicted molar refractivity (Wildman–Crippen MR) is 141 cm³/mol. The number of nitrogens with zero attached hydrogens (tertiary/aromatic N) is 1. The first-order valence-electron chi connectivity index (χ1n) is 13.7. The third kappa shape index (κ3) is 5.89. The summed E-state index contributed by atoms with van der Waals surface area (Å²) in [4.78, 5) is 40.6. The Morgan fingerprint density at radius 2 is 1.41 bits per heavy atom. The van der Waals surface area contributed by atoms with Crippen molar-refractivity contribution in [1.29, 1.82) is 0 Å². The van der Waals surface area contributed by atoms with E-state index < -0.39 is 5.41 Å². The third-order valence-corrected chi connectivity index (χ3v) is 8.64. The molecule has 0 heterocycles. The van der Waals surface area contributed by atoms with E-state index in [0.717, 1.165) is 44.9 Å². The molecule has 2 aromatic carbocycles. The van der Waals surface area contributed by atoms with Gasteiger partial charge in [-0.25, -0.2) is 0 Å². The van der Waals surface area contributed by atoms with Crippen molar-refractivity contribution in [1.82, 2.24) is 10.2 Å². The second kappa shape index (κ2) is 10.7. The Morgan fingerprint density at radius 1 is 0.865 bits per heavy atom. The van der Waals surface area contributed by atoms with Crippen LogP contribution in [-0.2, 0) is 32.0 Å². The molecule has 6 heteroatoms. The molecule has 6 nitrogen and oxygen atoms in total. The van der Waals surface area contributed by atoms with E-state index in [9.17, 15) is 14.4 Å². The van der Waals surface area contributed by atoms with Crippen LogP contribution in [0.5, 0.6) is 0 Å². The molecule has 0 spiro atoms. The number of esters is 1. The molecule has 0 saturated heterocycles. The lowest BCUT2D eigenvalue weighted by molar-refractivity contribution is -0.178. The highest BCUT2D eigenvalue weighted by atomic mass is 16.5. The van der Waals surface area contributed by atoms with Gasteiger partial charge in [0.2, 0.25) is 5.91 Å². The molecule has 0 aliphatic heterocycles. The zero-order valence-corrected chi connectivity index (χ0v) is 21.8. The average molecular weight is 503 g/mol. The van der Waals surface area contributed by atoms with E-state index in [1.807, 2.05) is 41.3 Å². The van der Waals surface area contributed by atoms with Crippen LogP contribution in [0.2, 0.25) is 0 Å². The number of amides is 2. The molecule has 2 aromatic rings. The summed E-state index contributed by atoms with van der Waals surface area (Å²) in [5, 5.41) is 3.19. The van der Waals surface area contributed by atoms with Gasteiger partial charge >= 0.3 is 5.97 Å². The summed E-state index contributed by atoms with van der Waals surface area (Å²) in [5.74, 6) is 0.430. The maximum Gasteiger partial charge on any atom is 0.312 e. The van der Waals surface area contributed by atoms with Crippen molar-refractivity contribution in [2.75, 3.05) is 19.7 Å². The van der Waals surface area contributed by atoms with Crippen LogP contribution >= 0.6 is 0 Å². The van der Waals surface area contributed by atoms with E-state index in [1.165, 1.54) is 11.1 Å². The molecule has 1 N–H and O–H groups in total. The van der Waals surface area contributed by atoms with Crippen LogP contribution in [0, 0.1) is 17.3 Å². The molecule has 37 heavy (non-hydrogen) atoms. The van der Waals surface area contributed by atoms with Gasteiger partial charge in [0.15, 0.2) is 6.61 Å². The molecule has 4 bridgehead atoms. The normalized spacial score (nSPS) is 27.5. The largest absolute Gasteiger partial charge is 0.455 e. The molecule has 4 atom stereocenters. The number of hydrogen-bond acceptors (Lipinski definition) is 4. The van der Waals surface area contributed by atoms with Crippen LogP contribution in [0.25, 0.3) is 0 Å². The summed E-state index contributed by atoms with van der Waals surface area (Å²) in [7, 11) is 0. The summed E-state index contributed by atoms with van der Waals surface area (Å²) < 4.78 is 5.78. The molecule has 2 unspecified atom stereocenters. The number of rotatable bonds is 10. The van der Waals surface area contributed by atoms with Gasteiger partial charge in [0.25, 0.3) is 5.91 Å². The standard InChI is InChI=1S/C31H38N2O4/c1-23(34)32-31-19-26-16-27(20-31)18-30(17-26,22-31)29(36)37-21-28(35)33(14-12-24-8-4-2-5-9-24)15-13-25-10-6-3-7-11-25/h2-11,26-27H,12-22H2,1H3,(H,32,34)/t26-,27+,30?,31?. The lowest BCUT2D eigenvalue weighted by Gasteiger charge is -2.60. The van der Waals surface area contributed by atoms with E-state index in [-0.39, 0.29) is 29.9 Å². The minimum atomic E-state index is -0.578. The molecule has 196 valence electrons. The Kier molecular flexibility index (Phi) is 7.36. The summed E-state index contributed by atoms with van der Waals surface area (Å²) in [6.45, 7) is 2.48. The van der Waals surface area contributed by atoms with Crippen LogP contribution < -0.4 is 5.32 Å². The molecule has 0 aromatic heterocycles. The van der Waals surface area contributed by atoms with Crippen molar-refractivity contribution in [3.05, 3.63) is 71.8 Å². The van der Waals surface area contributed by atoms with Crippen molar-refractivity contribution < 1.29 is 19.1 Å². The fourth-order valence-corrected chi connectivity index (χ4v) is 7.57. The minimum Gasteiger partial charge on any atom is -0.455 e. The van der Waals surface area contributed by atoms with Gasteiger partial charge < -0.3 is 15.0 Å². The topological polar surface area (TPSA) is 75.7 Å². The lowest BCUT2D eigenvalue weighted by atomic mass is 9.47. The first-order chi connectivity index (χ1) is 17.8. The number of carbonyl (C=O) groups excluding carboxylic acids is 3. The molecule has 0 radical (unpaired) electrons. The molecule has 4 fully saturated rings. The highest BCUT2D eigenvalue weighted by Gasteiger charge is 2.61. The number of benzene rings is 2. The molecule has 4 aliphatic rings. The van der Waals surface area contributed by atoms with Gasteiger partial charge in [-0.3, -0.25) is 14.4 Å². The van der Waals surface area contributed by atoms with E-state index in [4.69, 9.17) is 4.74 Å². The second-order valence-corrected chi connectivity index (χ2v) is 11.6. The van der Waals surface area contributed by atoms with E-state index in [2.05, 4.69) is 29.6 Å². The number of hydrogen-bond donors (Lipinski definition) is 1. The maximum absolute atomic E-state index is 13.5. The molecule has 4 aliphatic carbocycles. The number of nitrogens with one attached hydrogen (secondary N) is 1. The third-order valence-electron chi connectivity index (χ3n) is 8.64. The SMILES string of the molecule is CC(=O)NC12C[C@H]3C[C@@H](C1)CC(C(=O)OCC(=O)N(CCc1ccccc1)CCc1ccccc1)(C3)C2. The molecule has 6 rings (SSSR count). The van der Waals surface area contributed by atoms with Crippen molar-refractivity contribution in [3.8, 4) is 0 Å². The molecule has 4 saturated carbocycles. The highest BCUT2D eigenvalue weighted by molar-refractivity contribution is 5.83. The van der Waals surface area contributed by atoms with Crippen LogP contribution in [0.15, 0.2) is 60.7 Å². The van der Waals surface area contributed by atoms with Crippen molar-refractivity contribution in [2.45, 2.75) is 63.8 Å². The Morgan fingerprint density at radius 3 is 1.92 bits per heavy atom. The fraction of sp³-hybridized carbons (Fsp3) is 0.516. The van der Waals surface area contributed by atoms with E-state index in [0.29, 0.717) is 31.3 Å². The highest BCUT2D eigenvalue weighted by Crippen LogP contribution is 2.62. The van der Waals surface area contributed by atoms with Gasteiger partial charge in [0, 0.05) is 25.6 Å². The Bertz CT molecular complexity index is 1060. The lowest BCUT2D eigenvalue weighted by Crippen LogP contribution is -2.64. The van der Waals surface area contributed by atoms with Crippen molar-refractivity contribution in [2.24, 2.45) is 17.3 Å². The summed E-state index contributed by atoms with van der Waals surface area (Å²) in [6.07, 6.45) is 6.78. The number of carbonyl (C=O) groups is 3. The van der Waals surface area contributed by atoms with Gasteiger partial charge in [0.05, 0.1) is 5.41 Å². The van der Waals surface area contributed by atoms with Crippen LogP contribution in [0.4, 0.5) is 0 Å². The molecule has 2 amide bonds. The Balaban J connectivity index is 1.23. The smallest absolute Gasteiger partial charge is 0.312 e. The number of ether oxygens (including phenoxy) is 1. The summed E-state index contributed by atoms with van der Waals surface area (Å²) in [5.41, 5.74) is 1.48. The Labute approximate surface area is 219 Å². The van der Waals surface area contributed by atoms with Gasteiger partial charge in [-0.15, -0.1) is 0 Å². The first kappa shape index (κ1) is 25.5. The summed E-state index contributed by atoms with van der Waals surface area (Å²) >= 11 is 0. The van der Waals surface area contributed by atoms with Crippen molar-refractivity contribution in [3.63, 3.8) is 0 Å². The van der Waals surface area contributed by atoms with E-state index in [1.54, 1.807) is 6.92 Å². The quantitative estimate of drug-likeness (QED) is 0.491. The van der Waals surface area contributed by atoms with Crippen LogP contribution in [0.1, 0.15) is 56.6 Å². The summed E-state index contributed by atoms with van der Waals surface area (Å²) in [6, 6.07) is 20.3. The van der Waals surface area contributed by atoms with Gasteiger partial charge in [0.1, 0.15) is 0 Å². The minimum absolute atomic E-state index is 0.0341. The molecular formula is C31H38N2O4. The van der Waals surface area contributed by atoms with Gasteiger partial charge in [-0.1, -0.05) is 60.7 Å². The van der Waals surface area contributed by atoms with Crippen molar-refractivity contribution >= 4 is 17.8 Å². The average Bonchev–Trinajstić information content (AvgIpc) is 2.86. The maximum atomic E-state index is 13.5. The van der Waals surface area contributed by atoms with Gasteiger partial charge in [-0.05, 0) is 74.3 Å². The van der Waals surface area contributed by atoms with Gasteiger partial charge in [-0.2, -0.15) is 0 Å². The zero-order valence-electron chi connectivity index (χ0n) is 21.8. The first-order valence-corrected chi connectivity index (χ1v) is 13.7. The predicted octanol–water partition coefficient (Wildman–Crippen LogP) is 4.32. The van der Waals surface area contributed by atoms with Crippen LogP contribution in [0.3, 0.4) is 0 Å².